The minimum atomic E-state index is -0.402. The fourth-order valence-electron chi connectivity index (χ4n) is 3.75. The molecule has 2 aromatic heterocycles. The molecule has 2 aromatic carbocycles. The van der Waals surface area contributed by atoms with E-state index in [1.54, 1.807) is 32.4 Å². The van der Waals surface area contributed by atoms with Gasteiger partial charge in [0.25, 0.3) is 11.1 Å². The van der Waals surface area contributed by atoms with Crippen LogP contribution in [0.2, 0.25) is 0 Å². The molecule has 7 nitrogen and oxygen atoms in total. The number of hydrogen-bond acceptors (Lipinski definition) is 7. The maximum atomic E-state index is 13.3. The first-order valence-corrected chi connectivity index (χ1v) is 11.3. The molecule has 0 saturated carbocycles. The summed E-state index contributed by atoms with van der Waals surface area (Å²) in [5.74, 6) is 1.56. The van der Waals surface area contributed by atoms with E-state index in [4.69, 9.17) is 13.9 Å². The predicted octanol–water partition coefficient (Wildman–Crippen LogP) is 5.52. The third kappa shape index (κ3) is 4.52. The Hall–Kier alpha value is -3.52. The van der Waals surface area contributed by atoms with Crippen molar-refractivity contribution in [2.24, 2.45) is 0 Å². The number of ether oxygens (including phenoxy) is 2. The molecule has 1 unspecified atom stereocenters. The summed E-state index contributed by atoms with van der Waals surface area (Å²) in [5, 5.41) is 8.18. The number of methoxy groups -OCH3 is 2. The highest BCUT2D eigenvalue weighted by Gasteiger charge is 2.25. The highest BCUT2D eigenvalue weighted by atomic mass is 32.2. The number of aromatic nitrogens is 3. The number of ketones is 1. The highest BCUT2D eigenvalue weighted by Crippen LogP contribution is 2.35. The van der Waals surface area contributed by atoms with Gasteiger partial charge in [0.2, 0.25) is 0 Å². The molecule has 2 heterocycles. The number of Topliss-reactive ketones (excluding diaryl/α,β-unsaturated/α-hetero) is 1. The molecule has 0 bridgehead atoms. The minimum Gasteiger partial charge on any atom is -0.497 e. The van der Waals surface area contributed by atoms with Crippen molar-refractivity contribution >= 4 is 17.5 Å². The maximum Gasteiger partial charge on any atom is 0.277 e. The number of benzene rings is 2. The van der Waals surface area contributed by atoms with Crippen LogP contribution in [0.25, 0.3) is 17.1 Å². The molecule has 0 fully saturated rings. The van der Waals surface area contributed by atoms with E-state index in [0.29, 0.717) is 33.7 Å². The van der Waals surface area contributed by atoms with Gasteiger partial charge in [0.05, 0.1) is 25.0 Å². The van der Waals surface area contributed by atoms with Gasteiger partial charge in [-0.25, -0.2) is 0 Å². The van der Waals surface area contributed by atoms with Gasteiger partial charge in [0, 0.05) is 28.7 Å². The molecule has 8 heteroatoms. The van der Waals surface area contributed by atoms with Gasteiger partial charge in [-0.3, -0.25) is 4.79 Å². The lowest BCUT2D eigenvalue weighted by Gasteiger charge is -2.11. The van der Waals surface area contributed by atoms with E-state index in [1.807, 2.05) is 57.2 Å². The zero-order valence-electron chi connectivity index (χ0n) is 19.2. The minimum absolute atomic E-state index is 0.0112. The Morgan fingerprint density at radius 2 is 1.79 bits per heavy atom. The predicted molar refractivity (Wildman–Crippen MR) is 128 cm³/mol. The van der Waals surface area contributed by atoms with Crippen molar-refractivity contribution in [3.8, 4) is 28.6 Å². The van der Waals surface area contributed by atoms with Crippen molar-refractivity contribution < 1.29 is 18.7 Å². The van der Waals surface area contributed by atoms with Crippen molar-refractivity contribution in [3.05, 3.63) is 71.5 Å². The highest BCUT2D eigenvalue weighted by molar-refractivity contribution is 8.00. The van der Waals surface area contributed by atoms with Crippen LogP contribution < -0.4 is 9.47 Å². The summed E-state index contributed by atoms with van der Waals surface area (Å²) in [6.07, 6.45) is 0. The molecule has 0 N–H and O–H groups in total. The Morgan fingerprint density at radius 1 is 1.03 bits per heavy atom. The Labute approximate surface area is 196 Å². The van der Waals surface area contributed by atoms with Crippen LogP contribution in [0, 0.1) is 13.8 Å². The second kappa shape index (κ2) is 9.54. The van der Waals surface area contributed by atoms with Crippen LogP contribution in [0.15, 0.2) is 64.2 Å². The lowest BCUT2D eigenvalue weighted by molar-refractivity contribution is 0.0993. The number of nitrogens with zero attached hydrogens (tertiary/aromatic N) is 3. The fraction of sp³-hybridized carbons (Fsp3) is 0.240. The number of para-hydroxylation sites is 1. The second-order valence-electron chi connectivity index (χ2n) is 7.52. The van der Waals surface area contributed by atoms with E-state index in [1.165, 1.54) is 11.8 Å². The van der Waals surface area contributed by atoms with Crippen LogP contribution in [0.1, 0.15) is 28.7 Å². The normalized spacial score (nSPS) is 11.9. The number of carbonyl (C=O) groups excluding carboxylic acids is 1. The van der Waals surface area contributed by atoms with Crippen molar-refractivity contribution in [1.29, 1.82) is 0 Å². The van der Waals surface area contributed by atoms with E-state index in [-0.39, 0.29) is 5.78 Å². The maximum absolute atomic E-state index is 13.3. The molecule has 0 amide bonds. The average molecular weight is 464 g/mol. The van der Waals surface area contributed by atoms with E-state index in [9.17, 15) is 4.79 Å². The van der Waals surface area contributed by atoms with Crippen molar-refractivity contribution in [2.75, 3.05) is 14.2 Å². The van der Waals surface area contributed by atoms with E-state index >= 15 is 0 Å². The smallest absolute Gasteiger partial charge is 0.277 e. The fourth-order valence-corrected chi connectivity index (χ4v) is 4.50. The number of carbonyl (C=O) groups is 1. The van der Waals surface area contributed by atoms with Gasteiger partial charge in [-0.05, 0) is 51.1 Å². The zero-order chi connectivity index (χ0) is 23.5. The molecule has 0 radical (unpaired) electrons. The Kier molecular flexibility index (Phi) is 6.55. The average Bonchev–Trinajstić information content (AvgIpc) is 3.42. The van der Waals surface area contributed by atoms with Gasteiger partial charge in [-0.15, -0.1) is 10.2 Å². The first-order valence-electron chi connectivity index (χ1n) is 10.4. The monoisotopic (exact) mass is 463 g/mol. The standard InChI is InChI=1S/C25H25N3O4S/c1-15-13-21(16(2)28(15)18-9-7-6-8-10-18)23(29)17(3)33-25-27-26-24(32-25)20-12-11-19(30-4)14-22(20)31-5/h6-14,17H,1-5H3. The molecule has 1 atom stereocenters. The third-order valence-corrected chi connectivity index (χ3v) is 6.34. The second-order valence-corrected chi connectivity index (χ2v) is 8.81. The summed E-state index contributed by atoms with van der Waals surface area (Å²) < 4.78 is 18.6. The third-order valence-electron chi connectivity index (χ3n) is 5.40. The van der Waals surface area contributed by atoms with E-state index < -0.39 is 5.25 Å². The SMILES string of the molecule is COc1ccc(-c2nnc(SC(C)C(=O)c3cc(C)n(-c4ccccc4)c3C)o2)c(OC)c1. The summed E-state index contributed by atoms with van der Waals surface area (Å²) in [6.45, 7) is 5.81. The molecule has 170 valence electrons. The van der Waals surface area contributed by atoms with Crippen molar-refractivity contribution in [1.82, 2.24) is 14.8 Å². The van der Waals surface area contributed by atoms with Gasteiger partial charge in [0.15, 0.2) is 5.78 Å². The summed E-state index contributed by atoms with van der Waals surface area (Å²) in [7, 11) is 3.16. The van der Waals surface area contributed by atoms with Crippen molar-refractivity contribution in [3.63, 3.8) is 0 Å². The molecule has 0 spiro atoms. The van der Waals surface area contributed by atoms with Crippen LogP contribution in [-0.2, 0) is 0 Å². The van der Waals surface area contributed by atoms with Crippen LogP contribution in [0.5, 0.6) is 11.5 Å². The molecular weight excluding hydrogens is 438 g/mol. The Bertz CT molecular complexity index is 1280. The van der Waals surface area contributed by atoms with Crippen LogP contribution >= 0.6 is 11.8 Å². The zero-order valence-corrected chi connectivity index (χ0v) is 20.0. The number of rotatable bonds is 8. The summed E-state index contributed by atoms with van der Waals surface area (Å²) >= 11 is 1.24. The number of aryl methyl sites for hydroxylation is 1. The van der Waals surface area contributed by atoms with Gasteiger partial charge >= 0.3 is 0 Å². The molecule has 33 heavy (non-hydrogen) atoms. The van der Waals surface area contributed by atoms with Gasteiger partial charge in [-0.1, -0.05) is 30.0 Å². The first kappa shape index (κ1) is 22.7. The quantitative estimate of drug-likeness (QED) is 0.251. The molecule has 0 aliphatic rings. The molecule has 4 aromatic rings. The topological polar surface area (TPSA) is 79.4 Å². The van der Waals surface area contributed by atoms with Crippen LogP contribution in [0.3, 0.4) is 0 Å². The first-order chi connectivity index (χ1) is 15.9. The molecule has 0 aliphatic carbocycles. The Morgan fingerprint density at radius 3 is 2.48 bits per heavy atom. The van der Waals surface area contributed by atoms with Gasteiger partial charge in [0.1, 0.15) is 11.5 Å². The van der Waals surface area contributed by atoms with E-state index in [2.05, 4.69) is 14.8 Å². The molecule has 4 rings (SSSR count). The largest absolute Gasteiger partial charge is 0.497 e. The number of hydrogen-bond donors (Lipinski definition) is 0. The van der Waals surface area contributed by atoms with Crippen LogP contribution in [-0.4, -0.2) is 40.0 Å². The van der Waals surface area contributed by atoms with Crippen LogP contribution in [0.4, 0.5) is 0 Å². The summed E-state index contributed by atoms with van der Waals surface area (Å²) in [4.78, 5) is 13.3. The summed E-state index contributed by atoms with van der Waals surface area (Å²) in [6, 6.07) is 17.3. The molecule has 0 saturated heterocycles. The Balaban J connectivity index is 1.54. The number of thioether (sulfide) groups is 1. The van der Waals surface area contributed by atoms with E-state index in [0.717, 1.165) is 17.1 Å². The lowest BCUT2D eigenvalue weighted by atomic mass is 10.1. The molecule has 0 aliphatic heterocycles. The molecular formula is C25H25N3O4S. The summed E-state index contributed by atoms with van der Waals surface area (Å²) in [5.41, 5.74) is 4.29. The van der Waals surface area contributed by atoms with Gasteiger partial charge in [-0.2, -0.15) is 0 Å². The van der Waals surface area contributed by atoms with Crippen molar-refractivity contribution in [2.45, 2.75) is 31.2 Å². The van der Waals surface area contributed by atoms with Gasteiger partial charge < -0.3 is 18.5 Å². The lowest BCUT2D eigenvalue weighted by Crippen LogP contribution is -2.14.